The summed E-state index contributed by atoms with van der Waals surface area (Å²) < 4.78 is 12.8. The van der Waals surface area contributed by atoms with Crippen LogP contribution in [0.25, 0.3) is 0 Å². The summed E-state index contributed by atoms with van der Waals surface area (Å²) in [5.74, 6) is 5.02. The van der Waals surface area contributed by atoms with E-state index in [0.29, 0.717) is 11.8 Å². The maximum atomic E-state index is 12.8. The average Bonchev–Trinajstić information content (AvgIpc) is 2.58. The summed E-state index contributed by atoms with van der Waals surface area (Å²) in [5, 5.41) is 0. The van der Waals surface area contributed by atoms with Gasteiger partial charge in [0.1, 0.15) is 6.17 Å². The van der Waals surface area contributed by atoms with Gasteiger partial charge < -0.3 is 11.0 Å². The zero-order valence-corrected chi connectivity index (χ0v) is 19.2. The summed E-state index contributed by atoms with van der Waals surface area (Å²) in [6, 6.07) is 0. The molecule has 0 aromatic rings. The molecule has 0 aliphatic heterocycles. The van der Waals surface area contributed by atoms with Crippen LogP contribution in [0, 0.1) is 35.5 Å². The van der Waals surface area contributed by atoms with Gasteiger partial charge in [-0.3, -0.25) is 0 Å². The van der Waals surface area contributed by atoms with Gasteiger partial charge in [0, 0.05) is 1.43 Å². The van der Waals surface area contributed by atoms with Gasteiger partial charge in [0.15, 0.2) is 0 Å². The first-order valence-corrected chi connectivity index (χ1v) is 11.4. The van der Waals surface area contributed by atoms with Crippen molar-refractivity contribution in [1.29, 1.82) is 0 Å². The van der Waals surface area contributed by atoms with Crippen molar-refractivity contribution in [3.05, 3.63) is 0 Å². The Bertz CT molecular complexity index is 287. The molecule has 0 saturated heterocycles. The van der Waals surface area contributed by atoms with E-state index in [0.717, 1.165) is 36.5 Å². The maximum Gasteiger partial charge on any atom is 0.103 e. The molecule has 3 unspecified atom stereocenters. The van der Waals surface area contributed by atoms with E-state index in [2.05, 4.69) is 34.6 Å². The molecule has 3 heteroatoms. The molecule has 0 radical (unpaired) electrons. The van der Waals surface area contributed by atoms with Gasteiger partial charge in [-0.25, -0.2) is 4.39 Å². The van der Waals surface area contributed by atoms with Crippen LogP contribution in [-0.2, 0) is 0 Å². The molecule has 3 saturated carbocycles. The van der Waals surface area contributed by atoms with E-state index in [1.807, 2.05) is 6.92 Å². The highest BCUT2D eigenvalue weighted by Crippen LogP contribution is 2.30. The summed E-state index contributed by atoms with van der Waals surface area (Å²) in [7, 11) is 0. The zero-order chi connectivity index (χ0) is 18.8. The van der Waals surface area contributed by atoms with Gasteiger partial charge in [-0.2, -0.15) is 0 Å². The number of alkyl halides is 1. The second-order valence-electron chi connectivity index (χ2n) is 10.1. The van der Waals surface area contributed by atoms with E-state index in [-0.39, 0.29) is 12.4 Å². The Morgan fingerprint density at radius 1 is 0.481 bits per heavy atom. The third kappa shape index (κ3) is 13.6. The van der Waals surface area contributed by atoms with Crippen molar-refractivity contribution in [1.82, 2.24) is 0 Å². The molecule has 2 nitrogen and oxygen atoms in total. The Labute approximate surface area is 171 Å². The van der Waals surface area contributed by atoms with Crippen molar-refractivity contribution in [3.63, 3.8) is 0 Å². The van der Waals surface area contributed by atoms with Crippen LogP contribution < -0.4 is 0 Å². The molecule has 0 spiro atoms. The Hall–Kier alpha value is -0.150. The van der Waals surface area contributed by atoms with E-state index >= 15 is 0 Å². The van der Waals surface area contributed by atoms with Gasteiger partial charge in [0.25, 0.3) is 0 Å². The van der Waals surface area contributed by atoms with Gasteiger partial charge in [0.2, 0.25) is 0 Å². The molecule has 3 rings (SSSR count). The van der Waals surface area contributed by atoms with E-state index < -0.39 is 6.17 Å². The number of rotatable bonds is 0. The van der Waals surface area contributed by atoms with Crippen LogP contribution >= 0.6 is 0 Å². The molecule has 3 aliphatic carbocycles. The molecule has 0 bridgehead atoms. The smallest absolute Gasteiger partial charge is 0.103 e. The Morgan fingerprint density at radius 2 is 0.741 bits per heavy atom. The minimum atomic E-state index is -0.520. The van der Waals surface area contributed by atoms with Gasteiger partial charge in [-0.05, 0) is 48.3 Å². The summed E-state index contributed by atoms with van der Waals surface area (Å²) >= 11 is 0. The Morgan fingerprint density at radius 3 is 0.963 bits per heavy atom. The van der Waals surface area contributed by atoms with Gasteiger partial charge in [0.05, 0.1) is 0 Å². The molecule has 3 fully saturated rings. The first-order chi connectivity index (χ1) is 11.8. The number of hydrogen-bond acceptors (Lipinski definition) is 0. The summed E-state index contributed by atoms with van der Waals surface area (Å²) in [4.78, 5) is 0. The van der Waals surface area contributed by atoms with Gasteiger partial charge >= 0.3 is 0 Å². The fraction of sp³-hybridized carbons (Fsp3) is 1.00. The Kier molecular flexibility index (Phi) is 16.9. The predicted molar refractivity (Wildman–Crippen MR) is 120 cm³/mol. The largest absolute Gasteiger partial charge is 0.412 e. The molecular formula is C24H53FO2. The lowest BCUT2D eigenvalue weighted by Crippen LogP contribution is -2.22. The number of hydrogen-bond donors (Lipinski definition) is 0. The zero-order valence-electron chi connectivity index (χ0n) is 19.2. The third-order valence-corrected chi connectivity index (χ3v) is 6.97. The first-order valence-electron chi connectivity index (χ1n) is 11.4. The van der Waals surface area contributed by atoms with Crippen LogP contribution in [0.5, 0.6) is 0 Å². The van der Waals surface area contributed by atoms with Gasteiger partial charge in [-0.1, -0.05) is 99.3 Å². The van der Waals surface area contributed by atoms with Crippen molar-refractivity contribution in [3.8, 4) is 0 Å². The molecule has 3 aliphatic rings. The molecule has 4 N–H and O–H groups in total. The van der Waals surface area contributed by atoms with Crippen LogP contribution in [0.2, 0.25) is 0 Å². The second-order valence-corrected chi connectivity index (χ2v) is 10.1. The molecular weight excluding hydrogens is 339 g/mol. The van der Waals surface area contributed by atoms with E-state index in [9.17, 15) is 4.39 Å². The van der Waals surface area contributed by atoms with Crippen molar-refractivity contribution in [2.75, 3.05) is 0 Å². The van der Waals surface area contributed by atoms with Crippen molar-refractivity contribution in [2.24, 2.45) is 35.5 Å². The van der Waals surface area contributed by atoms with E-state index in [1.54, 1.807) is 0 Å². The van der Waals surface area contributed by atoms with Crippen LogP contribution in [0.15, 0.2) is 0 Å². The van der Waals surface area contributed by atoms with E-state index in [1.165, 1.54) is 57.8 Å². The highest BCUT2D eigenvalue weighted by molar-refractivity contribution is 4.74. The highest BCUT2D eigenvalue weighted by Gasteiger charge is 2.24. The fourth-order valence-electron chi connectivity index (χ4n) is 4.32. The Balaban J connectivity index is -0.000000318. The summed E-state index contributed by atoms with van der Waals surface area (Å²) in [6.07, 6.45) is 14.4. The van der Waals surface area contributed by atoms with Crippen LogP contribution in [-0.4, -0.2) is 17.1 Å². The molecule has 0 amide bonds. The van der Waals surface area contributed by atoms with Crippen LogP contribution in [0.4, 0.5) is 4.39 Å². The molecule has 0 aromatic carbocycles. The summed E-state index contributed by atoms with van der Waals surface area (Å²) in [5.41, 5.74) is 0. The molecule has 168 valence electrons. The van der Waals surface area contributed by atoms with Crippen molar-refractivity contribution in [2.45, 2.75) is 118 Å². The first kappa shape index (κ1) is 29.1. The van der Waals surface area contributed by atoms with Crippen molar-refractivity contribution >= 4 is 0 Å². The highest BCUT2D eigenvalue weighted by atomic mass is 19.1. The maximum absolute atomic E-state index is 12.8. The second kappa shape index (κ2) is 15.7. The van der Waals surface area contributed by atoms with E-state index in [4.69, 9.17) is 0 Å². The van der Waals surface area contributed by atoms with Crippen molar-refractivity contribution < 1.29 is 16.8 Å². The number of halogens is 1. The van der Waals surface area contributed by atoms with Crippen LogP contribution in [0.1, 0.15) is 114 Å². The molecule has 0 heterocycles. The fourth-order valence-corrected chi connectivity index (χ4v) is 4.32. The standard InChI is InChI=1S/C8H15F.2C8H16.2H2O.H2/c1-6-3-4-7(2)8(9)5-6;2*1-7-3-5-8(2)6-4-7;;;/h6-8H,3-5H2,1-2H3;2*7-8H,3-6H2,1-2H3;2*1H2;1H. The lowest BCUT2D eigenvalue weighted by molar-refractivity contribution is 0.145. The van der Waals surface area contributed by atoms with Crippen LogP contribution in [0.3, 0.4) is 0 Å². The lowest BCUT2D eigenvalue weighted by Gasteiger charge is -2.26. The monoisotopic (exact) mass is 392 g/mol. The minimum Gasteiger partial charge on any atom is -0.412 e. The molecule has 3 atom stereocenters. The third-order valence-electron chi connectivity index (χ3n) is 6.97. The quantitative estimate of drug-likeness (QED) is 0.424. The van der Waals surface area contributed by atoms with Gasteiger partial charge in [-0.15, -0.1) is 0 Å². The molecule has 0 aromatic heterocycles. The average molecular weight is 393 g/mol. The lowest BCUT2D eigenvalue weighted by atomic mass is 9.83. The normalized spacial score (nSPS) is 38.6. The SMILES string of the molecule is CC1CCC(C)C(F)C1.CC1CCC(C)CC1.CC1CCC(C)CC1.O.O.[HH]. The summed E-state index contributed by atoms with van der Waals surface area (Å²) in [6.45, 7) is 13.6. The predicted octanol–water partition coefficient (Wildman–Crippen LogP) is 7.04. The topological polar surface area (TPSA) is 63.0 Å². The molecule has 27 heavy (non-hydrogen) atoms. The minimum absolute atomic E-state index is 0.